The summed E-state index contributed by atoms with van der Waals surface area (Å²) in [6, 6.07) is 9.69. The van der Waals surface area contributed by atoms with Crippen LogP contribution in [0.4, 0.5) is 5.69 Å². The Kier molecular flexibility index (Phi) is 4.27. The molecule has 0 radical (unpaired) electrons. The minimum atomic E-state index is -0.359. The summed E-state index contributed by atoms with van der Waals surface area (Å²) in [6.07, 6.45) is 0. The van der Waals surface area contributed by atoms with Crippen LogP contribution in [0.25, 0.3) is 0 Å². The average molecular weight is 323 g/mol. The molecule has 0 aliphatic rings. The summed E-state index contributed by atoms with van der Waals surface area (Å²) < 4.78 is 5.67. The van der Waals surface area contributed by atoms with E-state index in [9.17, 15) is 4.79 Å². The van der Waals surface area contributed by atoms with E-state index in [0.29, 0.717) is 12.2 Å². The highest BCUT2D eigenvalue weighted by Crippen LogP contribution is 2.23. The first-order valence-electron chi connectivity index (χ1n) is 5.86. The first kappa shape index (κ1) is 13.7. The molecule has 19 heavy (non-hydrogen) atoms. The third kappa shape index (κ3) is 3.38. The van der Waals surface area contributed by atoms with Crippen LogP contribution in [0.5, 0.6) is 0 Å². The van der Waals surface area contributed by atoms with Gasteiger partial charge in [-0.2, -0.15) is 0 Å². The molecule has 0 spiro atoms. The molecule has 5 heteroatoms. The molecular weight excluding hydrogens is 308 g/mol. The number of esters is 1. The van der Waals surface area contributed by atoms with Gasteiger partial charge in [0, 0.05) is 15.9 Å². The summed E-state index contributed by atoms with van der Waals surface area (Å²) in [7, 11) is 1.37. The monoisotopic (exact) mass is 322 g/mol. The van der Waals surface area contributed by atoms with Gasteiger partial charge in [-0.15, -0.1) is 0 Å². The maximum absolute atomic E-state index is 11.3. The van der Waals surface area contributed by atoms with E-state index in [1.807, 2.05) is 25.1 Å². The molecule has 1 aromatic heterocycles. The van der Waals surface area contributed by atoms with Gasteiger partial charge in [-0.25, -0.2) is 4.79 Å². The van der Waals surface area contributed by atoms with Crippen molar-refractivity contribution >= 4 is 27.6 Å². The number of aryl methyl sites for hydroxylation is 1. The van der Waals surface area contributed by atoms with Crippen molar-refractivity contribution < 1.29 is 9.53 Å². The lowest BCUT2D eigenvalue weighted by molar-refractivity contribution is 0.0594. The molecule has 0 aliphatic heterocycles. The Morgan fingerprint density at radius 1 is 1.37 bits per heavy atom. The van der Waals surface area contributed by atoms with Crippen LogP contribution in [0, 0.1) is 6.92 Å². The molecule has 0 atom stereocenters. The van der Waals surface area contributed by atoms with E-state index in [1.165, 1.54) is 12.7 Å². The Balaban J connectivity index is 2.02. The summed E-state index contributed by atoms with van der Waals surface area (Å²) in [5.74, 6) is -0.359. The normalized spacial score (nSPS) is 10.3. The Labute approximate surface area is 120 Å². The first-order valence-corrected chi connectivity index (χ1v) is 6.65. The largest absolute Gasteiger partial charge is 0.464 e. The number of carbonyl (C=O) groups is 1. The van der Waals surface area contributed by atoms with Crippen molar-refractivity contribution in [1.82, 2.24) is 4.98 Å². The van der Waals surface area contributed by atoms with Crippen molar-refractivity contribution in [3.05, 3.63) is 51.8 Å². The summed E-state index contributed by atoms with van der Waals surface area (Å²) in [6.45, 7) is 2.65. The number of carbonyl (C=O) groups excluding carboxylic acids is 1. The van der Waals surface area contributed by atoms with Gasteiger partial charge in [0.05, 0.1) is 13.7 Å². The Hall–Kier alpha value is -1.75. The fourth-order valence-corrected chi connectivity index (χ4v) is 2.36. The van der Waals surface area contributed by atoms with E-state index in [-0.39, 0.29) is 5.97 Å². The highest BCUT2D eigenvalue weighted by Gasteiger charge is 2.08. The molecule has 0 unspecified atom stereocenters. The molecular formula is C14H15BrN2O2. The summed E-state index contributed by atoms with van der Waals surface area (Å²) in [5.41, 5.74) is 3.60. The zero-order valence-corrected chi connectivity index (χ0v) is 12.4. The molecule has 2 aromatic rings. The topological polar surface area (TPSA) is 54.1 Å². The molecule has 1 heterocycles. The van der Waals surface area contributed by atoms with Crippen molar-refractivity contribution in [2.45, 2.75) is 13.5 Å². The molecule has 100 valence electrons. The highest BCUT2D eigenvalue weighted by atomic mass is 79.9. The lowest BCUT2D eigenvalue weighted by atomic mass is 10.2. The Morgan fingerprint density at radius 3 is 2.84 bits per heavy atom. The zero-order chi connectivity index (χ0) is 13.8. The molecule has 0 bridgehead atoms. The molecule has 2 N–H and O–H groups in total. The van der Waals surface area contributed by atoms with Gasteiger partial charge >= 0.3 is 5.97 Å². The maximum Gasteiger partial charge on any atom is 0.354 e. The standard InChI is InChI=1S/C14H15BrN2O2/c1-9-3-5-12(11(15)7-9)16-8-10-4-6-13(17-10)14(18)19-2/h3-7,16-17H,8H2,1-2H3. The van der Waals surface area contributed by atoms with Gasteiger partial charge in [-0.1, -0.05) is 6.07 Å². The van der Waals surface area contributed by atoms with Crippen LogP contribution < -0.4 is 5.32 Å². The van der Waals surface area contributed by atoms with Gasteiger partial charge in [-0.05, 0) is 52.7 Å². The average Bonchev–Trinajstić information content (AvgIpc) is 2.85. The lowest BCUT2D eigenvalue weighted by Crippen LogP contribution is -2.04. The van der Waals surface area contributed by atoms with Crippen LogP contribution >= 0.6 is 15.9 Å². The summed E-state index contributed by atoms with van der Waals surface area (Å²) in [4.78, 5) is 14.3. The number of aromatic amines is 1. The van der Waals surface area contributed by atoms with E-state index in [0.717, 1.165) is 15.9 Å². The van der Waals surface area contributed by atoms with E-state index in [2.05, 4.69) is 37.0 Å². The zero-order valence-electron chi connectivity index (χ0n) is 10.8. The predicted molar refractivity (Wildman–Crippen MR) is 78.3 cm³/mol. The van der Waals surface area contributed by atoms with Gasteiger partial charge in [-0.3, -0.25) is 0 Å². The van der Waals surface area contributed by atoms with Gasteiger partial charge < -0.3 is 15.0 Å². The fraction of sp³-hybridized carbons (Fsp3) is 0.214. The number of H-pyrrole nitrogens is 1. The molecule has 0 amide bonds. The smallest absolute Gasteiger partial charge is 0.354 e. The van der Waals surface area contributed by atoms with Crippen LogP contribution in [0.1, 0.15) is 21.7 Å². The van der Waals surface area contributed by atoms with Crippen molar-refractivity contribution in [3.8, 4) is 0 Å². The number of anilines is 1. The van der Waals surface area contributed by atoms with Crippen LogP contribution in [-0.2, 0) is 11.3 Å². The van der Waals surface area contributed by atoms with Gasteiger partial charge in [0.1, 0.15) is 5.69 Å². The van der Waals surface area contributed by atoms with Crippen molar-refractivity contribution in [3.63, 3.8) is 0 Å². The third-order valence-corrected chi connectivity index (χ3v) is 3.40. The van der Waals surface area contributed by atoms with Crippen molar-refractivity contribution in [1.29, 1.82) is 0 Å². The maximum atomic E-state index is 11.3. The second-order valence-corrected chi connectivity index (χ2v) is 5.08. The second kappa shape index (κ2) is 5.93. The summed E-state index contributed by atoms with van der Waals surface area (Å²) >= 11 is 3.51. The lowest BCUT2D eigenvalue weighted by Gasteiger charge is -2.08. The Bertz CT molecular complexity index is 593. The number of rotatable bonds is 4. The van der Waals surface area contributed by atoms with Gasteiger partial charge in [0.25, 0.3) is 0 Å². The van der Waals surface area contributed by atoms with Crippen molar-refractivity contribution in [2.75, 3.05) is 12.4 Å². The third-order valence-electron chi connectivity index (χ3n) is 2.75. The number of nitrogens with one attached hydrogen (secondary N) is 2. The first-order chi connectivity index (χ1) is 9.10. The number of hydrogen-bond acceptors (Lipinski definition) is 3. The van der Waals surface area contributed by atoms with E-state index >= 15 is 0 Å². The van der Waals surface area contributed by atoms with Crippen LogP contribution in [0.2, 0.25) is 0 Å². The van der Waals surface area contributed by atoms with Gasteiger partial charge in [0.15, 0.2) is 0 Å². The van der Waals surface area contributed by atoms with Gasteiger partial charge in [0.2, 0.25) is 0 Å². The number of ether oxygens (including phenoxy) is 1. The van der Waals surface area contributed by atoms with Crippen LogP contribution in [-0.4, -0.2) is 18.1 Å². The molecule has 0 saturated carbocycles. The molecule has 1 aromatic carbocycles. The van der Waals surface area contributed by atoms with Crippen molar-refractivity contribution in [2.24, 2.45) is 0 Å². The highest BCUT2D eigenvalue weighted by molar-refractivity contribution is 9.10. The summed E-state index contributed by atoms with van der Waals surface area (Å²) in [5, 5.41) is 3.30. The minimum absolute atomic E-state index is 0.359. The molecule has 4 nitrogen and oxygen atoms in total. The molecule has 0 aliphatic carbocycles. The molecule has 0 fully saturated rings. The van der Waals surface area contributed by atoms with E-state index < -0.39 is 0 Å². The molecule has 0 saturated heterocycles. The quantitative estimate of drug-likeness (QED) is 0.847. The second-order valence-electron chi connectivity index (χ2n) is 4.23. The number of aromatic nitrogens is 1. The predicted octanol–water partition coefficient (Wildman–Crippen LogP) is 3.48. The molecule has 2 rings (SSSR count). The fourth-order valence-electron chi connectivity index (χ4n) is 1.73. The number of benzene rings is 1. The Morgan fingerprint density at radius 2 is 2.16 bits per heavy atom. The van der Waals surface area contributed by atoms with E-state index in [4.69, 9.17) is 0 Å². The number of hydrogen-bond donors (Lipinski definition) is 2. The number of methoxy groups -OCH3 is 1. The van der Waals surface area contributed by atoms with E-state index in [1.54, 1.807) is 6.07 Å². The number of halogens is 1. The van der Waals surface area contributed by atoms with Crippen LogP contribution in [0.3, 0.4) is 0 Å². The SMILES string of the molecule is COC(=O)c1ccc(CNc2ccc(C)cc2Br)[nH]1. The minimum Gasteiger partial charge on any atom is -0.464 e. The van der Waals surface area contributed by atoms with Crippen LogP contribution in [0.15, 0.2) is 34.8 Å².